The maximum atomic E-state index is 13.2. The number of nitrogens with one attached hydrogen (secondary N) is 1. The molecular weight excluding hydrogens is 269 g/mol. The second-order valence-electron chi connectivity index (χ2n) is 4.00. The van der Waals surface area contributed by atoms with Gasteiger partial charge in [-0.2, -0.15) is 0 Å². The highest BCUT2D eigenvalue weighted by Crippen LogP contribution is 2.18. The summed E-state index contributed by atoms with van der Waals surface area (Å²) in [4.78, 5) is 22.9. The standard InChI is InChI=1S/C13H16FNO5/c1-19-6-5-10(13(17)18)15-12(16)8-3-4-9(14)11(7-8)20-2/h3-4,7,10H,5-6H2,1-2H3,(H,15,16)(H,17,18). The maximum absolute atomic E-state index is 13.2. The van der Waals surface area contributed by atoms with Gasteiger partial charge in [-0.1, -0.05) is 0 Å². The highest BCUT2D eigenvalue weighted by molar-refractivity contribution is 5.96. The van der Waals surface area contributed by atoms with E-state index >= 15 is 0 Å². The molecule has 0 saturated heterocycles. The van der Waals surface area contributed by atoms with E-state index in [4.69, 9.17) is 14.6 Å². The Morgan fingerprint density at radius 1 is 1.40 bits per heavy atom. The van der Waals surface area contributed by atoms with Gasteiger partial charge in [-0.05, 0) is 18.2 Å². The van der Waals surface area contributed by atoms with Crippen molar-refractivity contribution in [2.45, 2.75) is 12.5 Å². The van der Waals surface area contributed by atoms with E-state index in [0.29, 0.717) is 0 Å². The molecule has 0 aliphatic rings. The van der Waals surface area contributed by atoms with Gasteiger partial charge in [0.1, 0.15) is 6.04 Å². The van der Waals surface area contributed by atoms with Crippen molar-refractivity contribution in [2.75, 3.05) is 20.8 Å². The summed E-state index contributed by atoms with van der Waals surface area (Å²) in [6.07, 6.45) is 0.135. The van der Waals surface area contributed by atoms with Gasteiger partial charge in [-0.3, -0.25) is 4.79 Å². The number of ether oxygens (including phenoxy) is 2. The molecular formula is C13H16FNO5. The number of carbonyl (C=O) groups is 2. The predicted molar refractivity (Wildman–Crippen MR) is 68.3 cm³/mol. The summed E-state index contributed by atoms with van der Waals surface area (Å²) >= 11 is 0. The van der Waals surface area contributed by atoms with Gasteiger partial charge in [0.05, 0.1) is 7.11 Å². The molecule has 0 saturated carbocycles. The van der Waals surface area contributed by atoms with Gasteiger partial charge in [0.2, 0.25) is 0 Å². The molecule has 0 spiro atoms. The Labute approximate surface area is 115 Å². The zero-order valence-corrected chi connectivity index (χ0v) is 11.2. The molecule has 20 heavy (non-hydrogen) atoms. The monoisotopic (exact) mass is 285 g/mol. The minimum Gasteiger partial charge on any atom is -0.494 e. The van der Waals surface area contributed by atoms with Crippen molar-refractivity contribution in [3.63, 3.8) is 0 Å². The van der Waals surface area contributed by atoms with Gasteiger partial charge >= 0.3 is 5.97 Å². The summed E-state index contributed by atoms with van der Waals surface area (Å²) in [7, 11) is 2.71. The number of benzene rings is 1. The average Bonchev–Trinajstić information content (AvgIpc) is 2.43. The van der Waals surface area contributed by atoms with Crippen LogP contribution in [0.25, 0.3) is 0 Å². The average molecular weight is 285 g/mol. The molecule has 1 amide bonds. The van der Waals surface area contributed by atoms with Crippen molar-refractivity contribution >= 4 is 11.9 Å². The number of aliphatic carboxylic acids is 1. The molecule has 0 aliphatic heterocycles. The lowest BCUT2D eigenvalue weighted by Crippen LogP contribution is -2.41. The predicted octanol–water partition coefficient (Wildman–Crippen LogP) is 1.05. The Hall–Kier alpha value is -2.15. The second-order valence-corrected chi connectivity index (χ2v) is 4.00. The Bertz CT molecular complexity index is 492. The molecule has 0 aromatic heterocycles. The third-order valence-corrected chi connectivity index (χ3v) is 2.63. The van der Waals surface area contributed by atoms with E-state index in [1.54, 1.807) is 0 Å². The quantitative estimate of drug-likeness (QED) is 0.782. The van der Waals surface area contributed by atoms with Crippen LogP contribution in [0.1, 0.15) is 16.8 Å². The van der Waals surface area contributed by atoms with E-state index in [2.05, 4.69) is 5.32 Å². The lowest BCUT2D eigenvalue weighted by atomic mass is 10.1. The number of rotatable bonds is 7. The molecule has 2 N–H and O–H groups in total. The Balaban J connectivity index is 2.80. The number of halogens is 1. The zero-order chi connectivity index (χ0) is 15.1. The topological polar surface area (TPSA) is 84.9 Å². The lowest BCUT2D eigenvalue weighted by molar-refractivity contribution is -0.139. The van der Waals surface area contributed by atoms with Crippen molar-refractivity contribution in [1.82, 2.24) is 5.32 Å². The van der Waals surface area contributed by atoms with Gasteiger partial charge in [0.15, 0.2) is 11.6 Å². The van der Waals surface area contributed by atoms with Gasteiger partial charge < -0.3 is 19.9 Å². The number of hydrogen-bond donors (Lipinski definition) is 2. The van der Waals surface area contributed by atoms with E-state index in [-0.39, 0.29) is 24.3 Å². The summed E-state index contributed by atoms with van der Waals surface area (Å²) in [6, 6.07) is 2.47. The summed E-state index contributed by atoms with van der Waals surface area (Å²) in [5.41, 5.74) is 0.118. The van der Waals surface area contributed by atoms with E-state index in [9.17, 15) is 14.0 Å². The van der Waals surface area contributed by atoms with Gasteiger partial charge in [0.25, 0.3) is 5.91 Å². The van der Waals surface area contributed by atoms with Crippen LogP contribution < -0.4 is 10.1 Å². The van der Waals surface area contributed by atoms with Crippen molar-refractivity contribution in [2.24, 2.45) is 0 Å². The Morgan fingerprint density at radius 3 is 2.65 bits per heavy atom. The fourth-order valence-electron chi connectivity index (χ4n) is 1.54. The first-order chi connectivity index (χ1) is 9.49. The highest BCUT2D eigenvalue weighted by Gasteiger charge is 2.21. The lowest BCUT2D eigenvalue weighted by Gasteiger charge is -2.14. The highest BCUT2D eigenvalue weighted by atomic mass is 19.1. The second kappa shape index (κ2) is 7.44. The molecule has 0 bridgehead atoms. The third-order valence-electron chi connectivity index (χ3n) is 2.63. The number of carbonyl (C=O) groups excluding carboxylic acids is 1. The summed E-state index contributed by atoms with van der Waals surface area (Å²) < 4.78 is 22.8. The van der Waals surface area contributed by atoms with Crippen molar-refractivity contribution in [1.29, 1.82) is 0 Å². The van der Waals surface area contributed by atoms with Crippen LogP contribution in [0.4, 0.5) is 4.39 Å². The molecule has 0 fully saturated rings. The number of carboxylic acids is 1. The van der Waals surface area contributed by atoms with E-state index in [1.807, 2.05) is 0 Å². The van der Waals surface area contributed by atoms with Crippen molar-refractivity contribution in [3.8, 4) is 5.75 Å². The first-order valence-electron chi connectivity index (χ1n) is 5.85. The van der Waals surface area contributed by atoms with Crippen LogP contribution in [0.3, 0.4) is 0 Å². The molecule has 0 radical (unpaired) electrons. The van der Waals surface area contributed by atoms with E-state index < -0.39 is 23.7 Å². The Morgan fingerprint density at radius 2 is 2.10 bits per heavy atom. The summed E-state index contributed by atoms with van der Waals surface area (Å²) in [6.45, 7) is 0.198. The third kappa shape index (κ3) is 4.20. The Kier molecular flexibility index (Phi) is 5.92. The molecule has 1 atom stereocenters. The molecule has 110 valence electrons. The molecule has 0 heterocycles. The smallest absolute Gasteiger partial charge is 0.326 e. The fraction of sp³-hybridized carbons (Fsp3) is 0.385. The van der Waals surface area contributed by atoms with E-state index in [0.717, 1.165) is 6.07 Å². The maximum Gasteiger partial charge on any atom is 0.326 e. The molecule has 1 aromatic rings. The van der Waals surface area contributed by atoms with Crippen LogP contribution in [0.5, 0.6) is 5.75 Å². The molecule has 1 unspecified atom stereocenters. The first-order valence-corrected chi connectivity index (χ1v) is 5.85. The van der Waals surface area contributed by atoms with Gasteiger partial charge in [-0.25, -0.2) is 9.18 Å². The van der Waals surface area contributed by atoms with E-state index in [1.165, 1.54) is 26.4 Å². The largest absolute Gasteiger partial charge is 0.494 e. The van der Waals surface area contributed by atoms with Crippen LogP contribution in [0, 0.1) is 5.82 Å². The zero-order valence-electron chi connectivity index (χ0n) is 11.2. The van der Waals surface area contributed by atoms with Crippen LogP contribution in [0.15, 0.2) is 18.2 Å². The number of methoxy groups -OCH3 is 2. The number of hydrogen-bond acceptors (Lipinski definition) is 4. The van der Waals surface area contributed by atoms with Crippen LogP contribution in [0.2, 0.25) is 0 Å². The molecule has 1 rings (SSSR count). The fourth-order valence-corrected chi connectivity index (χ4v) is 1.54. The van der Waals surface area contributed by atoms with Crippen LogP contribution in [-0.4, -0.2) is 43.9 Å². The summed E-state index contributed by atoms with van der Waals surface area (Å²) in [5, 5.41) is 11.3. The number of amides is 1. The molecule has 0 aliphatic carbocycles. The minimum atomic E-state index is -1.16. The molecule has 7 heteroatoms. The van der Waals surface area contributed by atoms with Gasteiger partial charge in [0, 0.05) is 25.7 Å². The van der Waals surface area contributed by atoms with Crippen molar-refractivity contribution < 1.29 is 28.6 Å². The van der Waals surface area contributed by atoms with Crippen LogP contribution >= 0.6 is 0 Å². The molecule has 6 nitrogen and oxygen atoms in total. The number of carboxylic acid groups (broad SMARTS) is 1. The SMILES string of the molecule is COCCC(NC(=O)c1ccc(F)c(OC)c1)C(=O)O. The summed E-state index contributed by atoms with van der Waals surface area (Å²) in [5.74, 6) is -2.46. The van der Waals surface area contributed by atoms with Crippen LogP contribution in [-0.2, 0) is 9.53 Å². The normalized spacial score (nSPS) is 11.8. The first kappa shape index (κ1) is 15.9. The molecule has 1 aromatic carbocycles. The van der Waals surface area contributed by atoms with Gasteiger partial charge in [-0.15, -0.1) is 0 Å². The van der Waals surface area contributed by atoms with Crippen molar-refractivity contribution in [3.05, 3.63) is 29.6 Å². The minimum absolute atomic E-state index is 0.0820.